The summed E-state index contributed by atoms with van der Waals surface area (Å²) in [5.41, 5.74) is 9.81. The second-order valence-electron chi connectivity index (χ2n) is 8.75. The van der Waals surface area contributed by atoms with Crippen LogP contribution in [0.4, 0.5) is 0 Å². The summed E-state index contributed by atoms with van der Waals surface area (Å²) in [6.45, 7) is 9.96. The molecule has 3 aliphatic heterocycles. The third kappa shape index (κ3) is 3.15. The number of aryl methyl sites for hydroxylation is 2. The summed E-state index contributed by atoms with van der Waals surface area (Å²) in [5.74, 6) is 1.04. The van der Waals surface area contributed by atoms with Crippen molar-refractivity contribution in [2.24, 2.45) is 0 Å². The molecule has 0 radical (unpaired) electrons. The SMILES string of the molecule is CCCN1CCC2(CC1)Oc1ccccc1[C@H]1C=C(c3cc(C)ccc3C)NN12. The van der Waals surface area contributed by atoms with Crippen LogP contribution in [-0.2, 0) is 0 Å². The van der Waals surface area contributed by atoms with E-state index in [1.165, 1.54) is 40.9 Å². The largest absolute Gasteiger partial charge is 0.470 e. The highest BCUT2D eigenvalue weighted by Gasteiger charge is 2.51. The molecule has 4 nitrogen and oxygen atoms in total. The molecule has 1 saturated heterocycles. The smallest absolute Gasteiger partial charge is 0.182 e. The van der Waals surface area contributed by atoms with Crippen molar-refractivity contribution in [1.29, 1.82) is 0 Å². The van der Waals surface area contributed by atoms with Gasteiger partial charge in [0, 0.05) is 37.1 Å². The molecule has 152 valence electrons. The van der Waals surface area contributed by atoms with Gasteiger partial charge in [-0.05, 0) is 50.6 Å². The minimum absolute atomic E-state index is 0.201. The van der Waals surface area contributed by atoms with Crippen molar-refractivity contribution in [2.75, 3.05) is 19.6 Å². The molecule has 3 aliphatic rings. The first-order valence-electron chi connectivity index (χ1n) is 11.0. The fourth-order valence-corrected chi connectivity index (χ4v) is 5.09. The van der Waals surface area contributed by atoms with Crippen molar-refractivity contribution in [2.45, 2.75) is 51.8 Å². The van der Waals surface area contributed by atoms with Gasteiger partial charge in [-0.2, -0.15) is 5.01 Å². The van der Waals surface area contributed by atoms with Gasteiger partial charge in [0.1, 0.15) is 5.75 Å². The van der Waals surface area contributed by atoms with Crippen molar-refractivity contribution < 1.29 is 4.74 Å². The molecule has 4 heteroatoms. The first-order valence-corrected chi connectivity index (χ1v) is 11.0. The molecule has 0 unspecified atom stereocenters. The van der Waals surface area contributed by atoms with Crippen molar-refractivity contribution in [3.05, 3.63) is 70.8 Å². The number of nitrogens with one attached hydrogen (secondary N) is 1. The Kier molecular flexibility index (Phi) is 4.64. The summed E-state index contributed by atoms with van der Waals surface area (Å²) in [6, 6.07) is 15.4. The first-order chi connectivity index (χ1) is 14.1. The number of para-hydroxylation sites is 1. The number of rotatable bonds is 3. The fourth-order valence-electron chi connectivity index (χ4n) is 5.09. The molecule has 2 aromatic carbocycles. The zero-order valence-corrected chi connectivity index (χ0v) is 17.7. The zero-order valence-electron chi connectivity index (χ0n) is 17.7. The maximum atomic E-state index is 6.74. The molecular weight excluding hydrogens is 358 g/mol. The number of ether oxygens (including phenoxy) is 1. The van der Waals surface area contributed by atoms with E-state index in [0.717, 1.165) is 31.7 Å². The molecule has 1 N–H and O–H groups in total. The van der Waals surface area contributed by atoms with Crippen LogP contribution in [0.1, 0.15) is 54.5 Å². The Balaban J connectivity index is 1.52. The van der Waals surface area contributed by atoms with Crippen LogP contribution in [0.25, 0.3) is 5.70 Å². The van der Waals surface area contributed by atoms with Crippen LogP contribution >= 0.6 is 0 Å². The standard InChI is InChI=1S/C25H31N3O/c1-4-13-27-14-11-25(12-15-27)28-23(20-7-5-6-8-24(20)29-25)17-22(26-28)21-16-18(2)9-10-19(21)3/h5-10,16-17,23,26H,4,11-15H2,1-3H3/t23-/m1/s1. The highest BCUT2D eigenvalue weighted by Crippen LogP contribution is 2.48. The first kappa shape index (κ1) is 18.7. The van der Waals surface area contributed by atoms with Crippen LogP contribution < -0.4 is 10.2 Å². The molecule has 0 bridgehead atoms. The van der Waals surface area contributed by atoms with Gasteiger partial charge >= 0.3 is 0 Å². The van der Waals surface area contributed by atoms with Crippen molar-refractivity contribution in [3.8, 4) is 5.75 Å². The predicted molar refractivity (Wildman–Crippen MR) is 117 cm³/mol. The quantitative estimate of drug-likeness (QED) is 0.816. The average molecular weight is 390 g/mol. The molecule has 5 rings (SSSR count). The minimum Gasteiger partial charge on any atom is -0.470 e. The van der Waals surface area contributed by atoms with Crippen LogP contribution in [-0.4, -0.2) is 35.3 Å². The van der Waals surface area contributed by atoms with E-state index in [1.54, 1.807) is 0 Å². The second-order valence-corrected chi connectivity index (χ2v) is 8.75. The lowest BCUT2D eigenvalue weighted by atomic mass is 9.92. The lowest BCUT2D eigenvalue weighted by molar-refractivity contribution is -0.159. The van der Waals surface area contributed by atoms with Crippen LogP contribution in [0.3, 0.4) is 0 Å². The summed E-state index contributed by atoms with van der Waals surface area (Å²) >= 11 is 0. The van der Waals surface area contributed by atoms with E-state index < -0.39 is 0 Å². The highest BCUT2D eigenvalue weighted by molar-refractivity contribution is 5.70. The lowest BCUT2D eigenvalue weighted by Crippen LogP contribution is -2.63. The topological polar surface area (TPSA) is 27.7 Å². The Bertz CT molecular complexity index is 943. The maximum absolute atomic E-state index is 6.74. The average Bonchev–Trinajstić information content (AvgIpc) is 3.18. The van der Waals surface area contributed by atoms with Crippen LogP contribution in [0.15, 0.2) is 48.5 Å². The van der Waals surface area contributed by atoms with Gasteiger partial charge in [-0.25, -0.2) is 0 Å². The van der Waals surface area contributed by atoms with E-state index in [-0.39, 0.29) is 11.8 Å². The van der Waals surface area contributed by atoms with Gasteiger partial charge in [0.05, 0.1) is 11.7 Å². The number of hydrazine groups is 1. The number of benzene rings is 2. The Morgan fingerprint density at radius 1 is 1.10 bits per heavy atom. The van der Waals surface area contributed by atoms with Gasteiger partial charge in [0.25, 0.3) is 0 Å². The summed E-state index contributed by atoms with van der Waals surface area (Å²) in [6.07, 6.45) is 5.63. The molecule has 0 aromatic heterocycles. The van der Waals surface area contributed by atoms with Crippen LogP contribution in [0, 0.1) is 13.8 Å². The van der Waals surface area contributed by atoms with E-state index in [9.17, 15) is 0 Å². The molecular formula is C25H31N3O. The Labute approximate surface area is 174 Å². The second kappa shape index (κ2) is 7.19. The van der Waals surface area contributed by atoms with Crippen molar-refractivity contribution in [3.63, 3.8) is 0 Å². The summed E-state index contributed by atoms with van der Waals surface area (Å²) in [4.78, 5) is 2.57. The van der Waals surface area contributed by atoms with Gasteiger partial charge in [-0.1, -0.05) is 42.8 Å². The maximum Gasteiger partial charge on any atom is 0.182 e. The molecule has 29 heavy (non-hydrogen) atoms. The third-order valence-corrected chi connectivity index (χ3v) is 6.68. The number of piperidine rings is 1. The van der Waals surface area contributed by atoms with E-state index in [1.807, 2.05) is 0 Å². The number of hydrogen-bond acceptors (Lipinski definition) is 4. The summed E-state index contributed by atoms with van der Waals surface area (Å²) < 4.78 is 6.74. The van der Waals surface area contributed by atoms with E-state index in [2.05, 4.69) is 84.6 Å². The third-order valence-electron chi connectivity index (χ3n) is 6.68. The molecule has 1 fully saturated rings. The summed E-state index contributed by atoms with van der Waals surface area (Å²) in [5, 5.41) is 2.40. The Morgan fingerprint density at radius 3 is 2.69 bits per heavy atom. The normalized spacial score (nSPS) is 23.1. The zero-order chi connectivity index (χ0) is 20.0. The number of nitrogens with zero attached hydrogens (tertiary/aromatic N) is 2. The molecule has 0 aliphatic carbocycles. The molecule has 2 aromatic rings. The molecule has 0 saturated carbocycles. The number of likely N-dealkylation sites (tertiary alicyclic amines) is 1. The lowest BCUT2D eigenvalue weighted by Gasteiger charge is -2.51. The van der Waals surface area contributed by atoms with Crippen molar-refractivity contribution in [1.82, 2.24) is 15.3 Å². The van der Waals surface area contributed by atoms with Gasteiger partial charge in [0.2, 0.25) is 0 Å². The van der Waals surface area contributed by atoms with Gasteiger partial charge < -0.3 is 15.1 Å². The van der Waals surface area contributed by atoms with Gasteiger partial charge in [-0.15, -0.1) is 0 Å². The van der Waals surface area contributed by atoms with E-state index >= 15 is 0 Å². The number of hydrogen-bond donors (Lipinski definition) is 1. The Morgan fingerprint density at radius 2 is 1.90 bits per heavy atom. The molecule has 1 spiro atoms. The van der Waals surface area contributed by atoms with Crippen LogP contribution in [0.5, 0.6) is 5.75 Å². The molecule has 0 amide bonds. The van der Waals surface area contributed by atoms with Crippen molar-refractivity contribution >= 4 is 5.70 Å². The van der Waals surface area contributed by atoms with Crippen LogP contribution in [0.2, 0.25) is 0 Å². The monoisotopic (exact) mass is 389 g/mol. The Hall–Kier alpha value is -2.30. The van der Waals surface area contributed by atoms with E-state index in [4.69, 9.17) is 4.74 Å². The molecule has 3 heterocycles. The summed E-state index contributed by atoms with van der Waals surface area (Å²) in [7, 11) is 0. The minimum atomic E-state index is -0.292. The van der Waals surface area contributed by atoms with Gasteiger partial charge in [0.15, 0.2) is 5.72 Å². The molecule has 1 atom stereocenters. The fraction of sp³-hybridized carbons (Fsp3) is 0.440. The number of fused-ring (bicyclic) bond motifs is 4. The van der Waals surface area contributed by atoms with Gasteiger partial charge in [-0.3, -0.25) is 0 Å². The highest BCUT2D eigenvalue weighted by atomic mass is 16.5. The van der Waals surface area contributed by atoms with E-state index in [0.29, 0.717) is 0 Å². The predicted octanol–water partition coefficient (Wildman–Crippen LogP) is 4.80.